The molecular weight excluding hydrogens is 298 g/mol. The van der Waals surface area contributed by atoms with Gasteiger partial charge in [0.25, 0.3) is 5.91 Å². The largest absolute Gasteiger partial charge is 0.381 e. The van der Waals surface area contributed by atoms with Crippen LogP contribution >= 0.6 is 11.3 Å². The molecule has 5 nitrogen and oxygen atoms in total. The van der Waals surface area contributed by atoms with Gasteiger partial charge in [0.2, 0.25) is 0 Å². The Morgan fingerprint density at radius 3 is 2.68 bits per heavy atom. The molecule has 1 aliphatic heterocycles. The van der Waals surface area contributed by atoms with Crippen molar-refractivity contribution in [2.24, 2.45) is 7.05 Å². The zero-order valence-corrected chi connectivity index (χ0v) is 14.0. The summed E-state index contributed by atoms with van der Waals surface area (Å²) in [5.41, 5.74) is 2.04. The van der Waals surface area contributed by atoms with E-state index in [9.17, 15) is 4.79 Å². The molecule has 0 saturated carbocycles. The predicted molar refractivity (Wildman–Crippen MR) is 87.2 cm³/mol. The fourth-order valence-corrected chi connectivity index (χ4v) is 3.65. The molecule has 22 heavy (non-hydrogen) atoms. The van der Waals surface area contributed by atoms with Crippen LogP contribution < -0.4 is 0 Å². The van der Waals surface area contributed by atoms with E-state index in [-0.39, 0.29) is 5.91 Å². The molecule has 0 atom stereocenters. The van der Waals surface area contributed by atoms with Crippen molar-refractivity contribution >= 4 is 17.2 Å². The average molecular weight is 319 g/mol. The van der Waals surface area contributed by atoms with Gasteiger partial charge in [0.1, 0.15) is 5.69 Å². The number of amides is 1. The minimum atomic E-state index is 0.124. The van der Waals surface area contributed by atoms with E-state index in [4.69, 9.17) is 4.74 Å². The molecule has 2 aromatic rings. The summed E-state index contributed by atoms with van der Waals surface area (Å²) in [5, 5.41) is 4.47. The van der Waals surface area contributed by atoms with Gasteiger partial charge in [-0.2, -0.15) is 5.10 Å². The Kier molecular flexibility index (Phi) is 4.31. The number of likely N-dealkylation sites (tertiary alicyclic amines) is 1. The van der Waals surface area contributed by atoms with Crippen molar-refractivity contribution < 1.29 is 9.53 Å². The monoisotopic (exact) mass is 319 g/mol. The van der Waals surface area contributed by atoms with Crippen LogP contribution in [0.1, 0.15) is 28.2 Å². The highest BCUT2D eigenvalue weighted by molar-refractivity contribution is 7.17. The summed E-state index contributed by atoms with van der Waals surface area (Å²) in [7, 11) is 3.67. The number of rotatable bonds is 3. The molecule has 0 bridgehead atoms. The highest BCUT2D eigenvalue weighted by Crippen LogP contribution is 2.29. The first kappa shape index (κ1) is 15.2. The highest BCUT2D eigenvalue weighted by atomic mass is 32.1. The van der Waals surface area contributed by atoms with E-state index in [0.29, 0.717) is 6.10 Å². The third-order valence-electron chi connectivity index (χ3n) is 4.25. The van der Waals surface area contributed by atoms with Gasteiger partial charge in [-0.25, -0.2) is 0 Å². The first-order chi connectivity index (χ1) is 10.6. The van der Waals surface area contributed by atoms with Crippen LogP contribution in [0.3, 0.4) is 0 Å². The van der Waals surface area contributed by atoms with Crippen LogP contribution in [-0.4, -0.2) is 46.9 Å². The summed E-state index contributed by atoms with van der Waals surface area (Å²) < 4.78 is 7.21. The van der Waals surface area contributed by atoms with Gasteiger partial charge in [-0.3, -0.25) is 9.48 Å². The maximum Gasteiger partial charge on any atom is 0.263 e. The minimum Gasteiger partial charge on any atom is -0.381 e. The molecule has 0 unspecified atom stereocenters. The van der Waals surface area contributed by atoms with E-state index in [1.54, 1.807) is 7.11 Å². The van der Waals surface area contributed by atoms with Crippen LogP contribution in [0.15, 0.2) is 18.2 Å². The second-order valence-electron chi connectivity index (χ2n) is 5.69. The molecule has 0 radical (unpaired) electrons. The Morgan fingerprint density at radius 2 is 2.09 bits per heavy atom. The SMILES string of the molecule is COC1CCN(C(=O)c2ccc(-c3cc(C)n(C)n3)s2)CC1. The third-order valence-corrected chi connectivity index (χ3v) is 5.34. The molecule has 6 heteroatoms. The van der Waals surface area contributed by atoms with Gasteiger partial charge in [0.15, 0.2) is 0 Å². The first-order valence-corrected chi connectivity index (χ1v) is 8.33. The smallest absolute Gasteiger partial charge is 0.263 e. The molecule has 3 heterocycles. The van der Waals surface area contributed by atoms with Gasteiger partial charge < -0.3 is 9.64 Å². The van der Waals surface area contributed by atoms with E-state index in [2.05, 4.69) is 5.10 Å². The van der Waals surface area contributed by atoms with E-state index >= 15 is 0 Å². The van der Waals surface area contributed by atoms with Crippen molar-refractivity contribution in [3.05, 3.63) is 28.8 Å². The Labute approximate surface area is 134 Å². The molecule has 3 rings (SSSR count). The number of carbonyl (C=O) groups is 1. The summed E-state index contributed by atoms with van der Waals surface area (Å²) >= 11 is 1.52. The second-order valence-corrected chi connectivity index (χ2v) is 6.77. The van der Waals surface area contributed by atoms with Crippen molar-refractivity contribution in [3.8, 4) is 10.6 Å². The van der Waals surface area contributed by atoms with Crippen molar-refractivity contribution in [1.29, 1.82) is 0 Å². The fraction of sp³-hybridized carbons (Fsp3) is 0.500. The zero-order valence-electron chi connectivity index (χ0n) is 13.2. The van der Waals surface area contributed by atoms with Crippen LogP contribution in [0.2, 0.25) is 0 Å². The second kappa shape index (κ2) is 6.22. The Bertz CT molecular complexity index is 649. The number of nitrogens with zero attached hydrogens (tertiary/aromatic N) is 3. The number of carbonyl (C=O) groups excluding carboxylic acids is 1. The zero-order chi connectivity index (χ0) is 15.7. The molecule has 1 aliphatic rings. The van der Waals surface area contributed by atoms with Crippen LogP contribution in [0.25, 0.3) is 10.6 Å². The molecule has 1 fully saturated rings. The van der Waals surface area contributed by atoms with Crippen molar-refractivity contribution in [3.63, 3.8) is 0 Å². The van der Waals surface area contributed by atoms with Crippen molar-refractivity contribution in [1.82, 2.24) is 14.7 Å². The molecule has 0 N–H and O–H groups in total. The Balaban J connectivity index is 1.72. The van der Waals surface area contributed by atoms with Crippen LogP contribution in [0.5, 0.6) is 0 Å². The van der Waals surface area contributed by atoms with E-state index in [1.807, 2.05) is 41.8 Å². The maximum absolute atomic E-state index is 12.6. The Hall–Kier alpha value is -1.66. The van der Waals surface area contributed by atoms with Gasteiger partial charge in [-0.05, 0) is 38.0 Å². The normalized spacial score (nSPS) is 16.2. The third kappa shape index (κ3) is 2.94. The molecule has 0 aromatic carbocycles. The number of hydrogen-bond donors (Lipinski definition) is 0. The number of piperidine rings is 1. The van der Waals surface area contributed by atoms with Gasteiger partial charge in [0, 0.05) is 32.9 Å². The highest BCUT2D eigenvalue weighted by Gasteiger charge is 2.24. The van der Waals surface area contributed by atoms with E-state index < -0.39 is 0 Å². The standard InChI is InChI=1S/C16H21N3O2S/c1-11-10-13(17-18(11)2)14-4-5-15(22-14)16(20)19-8-6-12(21-3)7-9-19/h4-5,10,12H,6-9H2,1-3H3. The lowest BCUT2D eigenvalue weighted by atomic mass is 10.1. The van der Waals surface area contributed by atoms with Gasteiger partial charge in [-0.15, -0.1) is 11.3 Å². The lowest BCUT2D eigenvalue weighted by molar-refractivity contribution is 0.0353. The summed E-state index contributed by atoms with van der Waals surface area (Å²) in [4.78, 5) is 16.3. The molecule has 2 aromatic heterocycles. The van der Waals surface area contributed by atoms with Gasteiger partial charge in [0.05, 0.1) is 15.9 Å². The number of aryl methyl sites for hydroxylation is 2. The number of hydrogen-bond acceptors (Lipinski definition) is 4. The van der Waals surface area contributed by atoms with E-state index in [0.717, 1.165) is 47.1 Å². The lowest BCUT2D eigenvalue weighted by Gasteiger charge is -2.30. The fourth-order valence-electron chi connectivity index (χ4n) is 2.72. The van der Waals surface area contributed by atoms with Gasteiger partial charge in [-0.1, -0.05) is 0 Å². The molecule has 1 amide bonds. The number of thiophene rings is 1. The topological polar surface area (TPSA) is 47.4 Å². The van der Waals surface area contributed by atoms with Crippen LogP contribution in [-0.2, 0) is 11.8 Å². The maximum atomic E-state index is 12.6. The summed E-state index contributed by atoms with van der Waals surface area (Å²) in [6.07, 6.45) is 2.12. The van der Waals surface area contributed by atoms with Crippen LogP contribution in [0.4, 0.5) is 0 Å². The molecular formula is C16H21N3O2S. The minimum absolute atomic E-state index is 0.124. The molecule has 0 aliphatic carbocycles. The van der Waals surface area contributed by atoms with Gasteiger partial charge >= 0.3 is 0 Å². The van der Waals surface area contributed by atoms with E-state index in [1.165, 1.54) is 11.3 Å². The first-order valence-electron chi connectivity index (χ1n) is 7.51. The summed E-state index contributed by atoms with van der Waals surface area (Å²) in [5.74, 6) is 0.124. The Morgan fingerprint density at radius 1 is 1.36 bits per heavy atom. The predicted octanol–water partition coefficient (Wildman–Crippen LogP) is 2.71. The summed E-state index contributed by atoms with van der Waals surface area (Å²) in [6, 6.07) is 5.94. The average Bonchev–Trinajstić information content (AvgIpc) is 3.14. The number of aromatic nitrogens is 2. The number of methoxy groups -OCH3 is 1. The quantitative estimate of drug-likeness (QED) is 0.874. The number of ether oxygens (including phenoxy) is 1. The van der Waals surface area contributed by atoms with Crippen molar-refractivity contribution in [2.45, 2.75) is 25.9 Å². The summed E-state index contributed by atoms with van der Waals surface area (Å²) in [6.45, 7) is 3.57. The molecule has 1 saturated heterocycles. The molecule has 0 spiro atoms. The lowest BCUT2D eigenvalue weighted by Crippen LogP contribution is -2.40. The molecule has 118 valence electrons. The van der Waals surface area contributed by atoms with Crippen LogP contribution in [0, 0.1) is 6.92 Å². The van der Waals surface area contributed by atoms with Crippen molar-refractivity contribution in [2.75, 3.05) is 20.2 Å².